The number of amides is 1. The number of nitrogens with zero attached hydrogens (tertiary/aromatic N) is 2. The monoisotopic (exact) mass is 424 g/mol. The van der Waals surface area contributed by atoms with Gasteiger partial charge in [-0.25, -0.2) is 18.2 Å². The zero-order valence-electron chi connectivity index (χ0n) is 15.9. The van der Waals surface area contributed by atoms with E-state index < -0.39 is 23.4 Å². The minimum Gasteiger partial charge on any atom is -0.488 e. The molecule has 4 aromatic rings. The van der Waals surface area contributed by atoms with Crippen molar-refractivity contribution in [3.05, 3.63) is 89.5 Å². The van der Waals surface area contributed by atoms with Crippen LogP contribution in [-0.4, -0.2) is 21.1 Å². The number of primary amides is 1. The molecule has 0 unspecified atom stereocenters. The van der Waals surface area contributed by atoms with Crippen molar-refractivity contribution >= 4 is 5.91 Å². The Morgan fingerprint density at radius 1 is 0.968 bits per heavy atom. The van der Waals surface area contributed by atoms with Crippen LogP contribution in [0.25, 0.3) is 22.5 Å². The number of aromatic amines is 1. The summed E-state index contributed by atoms with van der Waals surface area (Å²) in [6, 6.07) is 13.8. The van der Waals surface area contributed by atoms with E-state index in [9.17, 15) is 18.0 Å². The number of benzene rings is 3. The Balaban J connectivity index is 1.68. The predicted octanol–water partition coefficient (Wildman–Crippen LogP) is 4.23. The van der Waals surface area contributed by atoms with Gasteiger partial charge in [0.25, 0.3) is 5.91 Å². The molecule has 0 fully saturated rings. The Morgan fingerprint density at radius 3 is 2.52 bits per heavy atom. The quantitative estimate of drug-likeness (QED) is 0.484. The molecule has 156 valence electrons. The van der Waals surface area contributed by atoms with Crippen LogP contribution in [0.4, 0.5) is 13.2 Å². The van der Waals surface area contributed by atoms with Gasteiger partial charge in [0.05, 0.1) is 0 Å². The summed E-state index contributed by atoms with van der Waals surface area (Å²) in [6.07, 6.45) is 0. The van der Waals surface area contributed by atoms with Crippen LogP contribution in [0.1, 0.15) is 16.2 Å². The van der Waals surface area contributed by atoms with E-state index in [2.05, 4.69) is 15.2 Å². The lowest BCUT2D eigenvalue weighted by Crippen LogP contribution is -2.12. The predicted molar refractivity (Wildman–Crippen MR) is 106 cm³/mol. The molecule has 0 saturated carbocycles. The number of carbonyl (C=O) groups excluding carboxylic acids is 1. The van der Waals surface area contributed by atoms with E-state index in [4.69, 9.17) is 10.5 Å². The molecular formula is C22H15F3N4O2. The average molecular weight is 424 g/mol. The highest BCUT2D eigenvalue weighted by molar-refractivity contribution is 5.89. The van der Waals surface area contributed by atoms with Gasteiger partial charge in [-0.1, -0.05) is 18.2 Å². The van der Waals surface area contributed by atoms with Gasteiger partial charge < -0.3 is 10.5 Å². The first-order valence-corrected chi connectivity index (χ1v) is 9.10. The molecule has 1 heterocycles. The lowest BCUT2D eigenvalue weighted by molar-refractivity contribution is 0.0991. The van der Waals surface area contributed by atoms with E-state index in [0.29, 0.717) is 11.1 Å². The minimum absolute atomic E-state index is 0.0312. The van der Waals surface area contributed by atoms with Gasteiger partial charge in [0.15, 0.2) is 5.82 Å². The number of halogens is 3. The number of hydrogen-bond donors (Lipinski definition) is 2. The van der Waals surface area contributed by atoms with E-state index >= 15 is 0 Å². The molecule has 1 amide bonds. The van der Waals surface area contributed by atoms with Crippen LogP contribution in [0, 0.1) is 17.5 Å². The number of H-pyrrole nitrogens is 1. The highest BCUT2D eigenvalue weighted by Crippen LogP contribution is 2.34. The first-order valence-electron chi connectivity index (χ1n) is 9.10. The number of ether oxygens (including phenoxy) is 1. The number of aromatic nitrogens is 3. The number of nitrogens with one attached hydrogen (secondary N) is 1. The Bertz CT molecular complexity index is 1270. The third-order valence-electron chi connectivity index (χ3n) is 4.51. The van der Waals surface area contributed by atoms with Gasteiger partial charge in [-0.15, -0.1) is 0 Å². The third kappa shape index (κ3) is 4.25. The largest absolute Gasteiger partial charge is 0.488 e. The van der Waals surface area contributed by atoms with Gasteiger partial charge in [0.2, 0.25) is 5.82 Å². The summed E-state index contributed by atoms with van der Waals surface area (Å²) in [6.45, 7) is -0.245. The molecule has 0 aliphatic carbocycles. The molecule has 3 aromatic carbocycles. The van der Waals surface area contributed by atoms with Gasteiger partial charge in [-0.2, -0.15) is 5.10 Å². The third-order valence-corrected chi connectivity index (χ3v) is 4.51. The van der Waals surface area contributed by atoms with Gasteiger partial charge in [0.1, 0.15) is 29.8 Å². The first-order chi connectivity index (χ1) is 14.9. The molecule has 31 heavy (non-hydrogen) atoms. The van der Waals surface area contributed by atoms with Crippen LogP contribution >= 0.6 is 0 Å². The normalized spacial score (nSPS) is 10.8. The van der Waals surface area contributed by atoms with Crippen molar-refractivity contribution in [1.82, 2.24) is 15.2 Å². The molecule has 0 atom stereocenters. The number of carbonyl (C=O) groups is 1. The zero-order valence-corrected chi connectivity index (χ0v) is 15.9. The molecule has 0 radical (unpaired) electrons. The number of para-hydroxylation sites is 1. The Labute approximate surface area is 174 Å². The number of hydrogen-bond acceptors (Lipinski definition) is 4. The fourth-order valence-electron chi connectivity index (χ4n) is 3.00. The molecule has 1 aromatic heterocycles. The van der Waals surface area contributed by atoms with Crippen molar-refractivity contribution in [2.45, 2.75) is 6.61 Å². The van der Waals surface area contributed by atoms with Crippen molar-refractivity contribution in [3.63, 3.8) is 0 Å². The second-order valence-corrected chi connectivity index (χ2v) is 6.59. The topological polar surface area (TPSA) is 93.9 Å². The summed E-state index contributed by atoms with van der Waals surface area (Å²) in [4.78, 5) is 15.2. The van der Waals surface area contributed by atoms with E-state index in [0.717, 1.165) is 18.2 Å². The minimum atomic E-state index is -0.774. The summed E-state index contributed by atoms with van der Waals surface area (Å²) < 4.78 is 47.7. The lowest BCUT2D eigenvalue weighted by Gasteiger charge is -2.13. The van der Waals surface area contributed by atoms with Crippen molar-refractivity contribution in [1.29, 1.82) is 0 Å². The second-order valence-electron chi connectivity index (χ2n) is 6.59. The summed E-state index contributed by atoms with van der Waals surface area (Å²) in [5.74, 6) is -2.20. The van der Waals surface area contributed by atoms with Crippen molar-refractivity contribution in [3.8, 4) is 28.3 Å². The van der Waals surface area contributed by atoms with Crippen molar-refractivity contribution in [2.24, 2.45) is 5.73 Å². The van der Waals surface area contributed by atoms with E-state index in [1.54, 1.807) is 24.3 Å². The van der Waals surface area contributed by atoms with E-state index in [1.807, 2.05) is 0 Å². The highest BCUT2D eigenvalue weighted by Gasteiger charge is 2.16. The number of nitrogens with two attached hydrogens (primary N) is 1. The molecule has 0 spiro atoms. The fourth-order valence-corrected chi connectivity index (χ4v) is 3.00. The fraction of sp³-hybridized carbons (Fsp3) is 0.0455. The molecular weight excluding hydrogens is 409 g/mol. The Morgan fingerprint density at radius 2 is 1.74 bits per heavy atom. The summed E-state index contributed by atoms with van der Waals surface area (Å²) in [7, 11) is 0. The maximum absolute atomic E-state index is 14.7. The maximum Gasteiger partial charge on any atom is 0.286 e. The molecule has 0 bridgehead atoms. The van der Waals surface area contributed by atoms with E-state index in [1.165, 1.54) is 18.2 Å². The average Bonchev–Trinajstić information content (AvgIpc) is 3.26. The maximum atomic E-state index is 14.7. The van der Waals surface area contributed by atoms with Crippen LogP contribution in [-0.2, 0) is 6.61 Å². The molecule has 3 N–H and O–H groups in total. The molecule has 0 aliphatic rings. The van der Waals surface area contributed by atoms with Crippen molar-refractivity contribution in [2.75, 3.05) is 0 Å². The summed E-state index contributed by atoms with van der Waals surface area (Å²) in [5, 5.41) is 6.34. The standard InChI is InChI=1S/C22H15F3N4O2/c23-14-6-8-17(24)13(9-14)11-31-19-4-2-1-3-15(19)16-10-12(5-7-18(16)25)21-27-22(20(26)30)29-28-21/h1-10H,11H2,(H2,26,30)(H,27,28,29). The SMILES string of the molecule is NC(=O)c1nc(-c2ccc(F)c(-c3ccccc3OCc3cc(F)ccc3F)c2)n[nH]1. The smallest absolute Gasteiger partial charge is 0.286 e. The van der Waals surface area contributed by atoms with Gasteiger partial charge >= 0.3 is 0 Å². The van der Waals surface area contributed by atoms with Gasteiger partial charge in [-0.05, 0) is 42.5 Å². The number of rotatable bonds is 6. The molecule has 6 nitrogen and oxygen atoms in total. The van der Waals surface area contributed by atoms with Gasteiger partial charge in [0, 0.05) is 22.3 Å². The summed E-state index contributed by atoms with van der Waals surface area (Å²) in [5.41, 5.74) is 6.21. The van der Waals surface area contributed by atoms with Gasteiger partial charge in [-0.3, -0.25) is 9.89 Å². The van der Waals surface area contributed by atoms with Crippen LogP contribution < -0.4 is 10.5 Å². The van der Waals surface area contributed by atoms with Crippen molar-refractivity contribution < 1.29 is 22.7 Å². The van der Waals surface area contributed by atoms with Crippen LogP contribution in [0.5, 0.6) is 5.75 Å². The second kappa shape index (κ2) is 8.31. The van der Waals surface area contributed by atoms with Crippen LogP contribution in [0.15, 0.2) is 60.7 Å². The first kappa shape index (κ1) is 20.1. The summed E-state index contributed by atoms with van der Waals surface area (Å²) >= 11 is 0. The lowest BCUT2D eigenvalue weighted by atomic mass is 10.0. The highest BCUT2D eigenvalue weighted by atomic mass is 19.1. The molecule has 0 aliphatic heterocycles. The van der Waals surface area contributed by atoms with Crippen LogP contribution in [0.3, 0.4) is 0 Å². The zero-order chi connectivity index (χ0) is 22.0. The van der Waals surface area contributed by atoms with Crippen LogP contribution in [0.2, 0.25) is 0 Å². The Kier molecular flexibility index (Phi) is 5.40. The molecule has 4 rings (SSSR count). The molecule has 9 heteroatoms. The Hall–Kier alpha value is -4.14. The van der Waals surface area contributed by atoms with E-state index in [-0.39, 0.29) is 35.1 Å². The molecule has 0 saturated heterocycles.